The van der Waals surface area contributed by atoms with Gasteiger partial charge in [-0.15, -0.1) is 5.10 Å². The highest BCUT2D eigenvalue weighted by Crippen LogP contribution is 2.49. The number of hydrogen-bond donors (Lipinski definition) is 1. The van der Waals surface area contributed by atoms with Crippen LogP contribution in [-0.4, -0.2) is 49.8 Å². The molecule has 30 heavy (non-hydrogen) atoms. The summed E-state index contributed by atoms with van der Waals surface area (Å²) in [7, 11) is 0. The topological polar surface area (TPSA) is 84.7 Å². The smallest absolute Gasteiger partial charge is 0.225 e. The van der Waals surface area contributed by atoms with Crippen LogP contribution in [0.1, 0.15) is 25.7 Å². The van der Waals surface area contributed by atoms with Crippen LogP contribution in [0.4, 0.5) is 11.6 Å². The lowest BCUT2D eigenvalue weighted by molar-refractivity contribution is 0.343. The van der Waals surface area contributed by atoms with Gasteiger partial charge in [0.2, 0.25) is 5.95 Å². The van der Waals surface area contributed by atoms with Crippen molar-refractivity contribution in [2.24, 2.45) is 17.8 Å². The summed E-state index contributed by atoms with van der Waals surface area (Å²) in [6.07, 6.45) is 10.0. The van der Waals surface area contributed by atoms with Crippen LogP contribution in [0, 0.1) is 17.8 Å². The van der Waals surface area contributed by atoms with Gasteiger partial charge in [0.05, 0.1) is 23.1 Å². The van der Waals surface area contributed by atoms with Gasteiger partial charge in [0, 0.05) is 25.3 Å². The minimum Gasteiger partial charge on any atom is -0.385 e. The van der Waals surface area contributed by atoms with Gasteiger partial charge in [-0.2, -0.15) is 0 Å². The summed E-state index contributed by atoms with van der Waals surface area (Å²) < 4.78 is 1.66. The van der Waals surface area contributed by atoms with E-state index in [1.54, 1.807) is 23.4 Å². The van der Waals surface area contributed by atoms with Crippen molar-refractivity contribution >= 4 is 23.2 Å². The number of hydrogen-bond acceptors (Lipinski definition) is 7. The Morgan fingerprint density at radius 1 is 1.07 bits per heavy atom. The van der Waals surface area contributed by atoms with Crippen molar-refractivity contribution in [3.8, 4) is 5.69 Å². The largest absolute Gasteiger partial charge is 0.385 e. The van der Waals surface area contributed by atoms with Crippen LogP contribution in [0.5, 0.6) is 0 Å². The van der Waals surface area contributed by atoms with E-state index in [2.05, 4.69) is 47.8 Å². The second-order valence-electron chi connectivity index (χ2n) is 8.20. The van der Waals surface area contributed by atoms with Gasteiger partial charge < -0.3 is 10.2 Å². The molecule has 0 radical (unpaired) electrons. The van der Waals surface area contributed by atoms with E-state index < -0.39 is 0 Å². The molecule has 3 heterocycles. The monoisotopic (exact) mass is 424 g/mol. The highest BCUT2D eigenvalue weighted by Gasteiger charge is 2.43. The van der Waals surface area contributed by atoms with Crippen molar-refractivity contribution in [3.05, 3.63) is 48.0 Å². The summed E-state index contributed by atoms with van der Waals surface area (Å²) in [5, 5.41) is 15.4. The standard InChI is InChI=1S/C21H25ClN8/c22-17-12-24-21(25-13-17)29-9-6-15(7-10-29)20-11-16(20)5-8-23-18-1-3-19(4-2-18)30-14-26-27-28-30/h1-4,12-16,20,23H,5-11H2/t16-,20-/m1/s1. The van der Waals surface area contributed by atoms with Gasteiger partial charge in [-0.3, -0.25) is 0 Å². The number of halogens is 1. The minimum absolute atomic E-state index is 0.589. The number of piperidine rings is 1. The van der Waals surface area contributed by atoms with Crippen molar-refractivity contribution in [2.45, 2.75) is 25.7 Å². The fraction of sp³-hybridized carbons (Fsp3) is 0.476. The average Bonchev–Trinajstić information content (AvgIpc) is 3.34. The fourth-order valence-electron chi connectivity index (χ4n) is 4.59. The molecule has 1 saturated heterocycles. The van der Waals surface area contributed by atoms with Gasteiger partial charge in [0.25, 0.3) is 0 Å². The molecule has 2 atom stereocenters. The molecule has 1 aromatic carbocycles. The first-order chi connectivity index (χ1) is 14.8. The van der Waals surface area contributed by atoms with E-state index in [0.29, 0.717) is 5.02 Å². The maximum atomic E-state index is 5.89. The van der Waals surface area contributed by atoms with Gasteiger partial charge in [0.15, 0.2) is 0 Å². The molecule has 0 amide bonds. The molecule has 0 spiro atoms. The van der Waals surface area contributed by atoms with Gasteiger partial charge in [-0.1, -0.05) is 11.6 Å². The molecule has 8 nitrogen and oxygen atoms in total. The van der Waals surface area contributed by atoms with Gasteiger partial charge in [0.1, 0.15) is 6.33 Å². The van der Waals surface area contributed by atoms with Gasteiger partial charge in [-0.05, 0) is 78.1 Å². The second-order valence-corrected chi connectivity index (χ2v) is 8.64. The summed E-state index contributed by atoms with van der Waals surface area (Å²) >= 11 is 5.89. The Hall–Kier alpha value is -2.74. The molecule has 1 aliphatic heterocycles. The van der Waals surface area contributed by atoms with Crippen LogP contribution in [0.25, 0.3) is 5.69 Å². The molecule has 5 rings (SSSR count). The number of tetrazole rings is 1. The van der Waals surface area contributed by atoms with Crippen LogP contribution in [-0.2, 0) is 0 Å². The molecule has 2 aliphatic rings. The van der Waals surface area contributed by atoms with E-state index >= 15 is 0 Å². The third-order valence-electron chi connectivity index (χ3n) is 6.34. The van der Waals surface area contributed by atoms with Crippen LogP contribution < -0.4 is 10.2 Å². The maximum Gasteiger partial charge on any atom is 0.225 e. The van der Waals surface area contributed by atoms with Crippen LogP contribution >= 0.6 is 11.6 Å². The predicted molar refractivity (Wildman–Crippen MR) is 116 cm³/mol. The zero-order chi connectivity index (χ0) is 20.3. The Bertz CT molecular complexity index is 936. The Labute approximate surface area is 180 Å². The van der Waals surface area contributed by atoms with E-state index in [1.807, 2.05) is 12.1 Å². The third kappa shape index (κ3) is 4.38. The molecule has 156 valence electrons. The highest BCUT2D eigenvalue weighted by atomic mass is 35.5. The first-order valence-corrected chi connectivity index (χ1v) is 10.9. The molecule has 0 unspecified atom stereocenters. The number of aromatic nitrogens is 6. The highest BCUT2D eigenvalue weighted by molar-refractivity contribution is 6.30. The van der Waals surface area contributed by atoms with Crippen molar-refractivity contribution in [2.75, 3.05) is 29.9 Å². The molecular formula is C21H25ClN8. The molecular weight excluding hydrogens is 400 g/mol. The number of nitrogens with zero attached hydrogens (tertiary/aromatic N) is 7. The van der Waals surface area contributed by atoms with E-state index in [4.69, 9.17) is 11.6 Å². The van der Waals surface area contributed by atoms with E-state index in [9.17, 15) is 0 Å². The minimum atomic E-state index is 0.589. The molecule has 1 saturated carbocycles. The van der Waals surface area contributed by atoms with Crippen LogP contribution in [0.3, 0.4) is 0 Å². The third-order valence-corrected chi connectivity index (χ3v) is 6.53. The molecule has 9 heteroatoms. The lowest BCUT2D eigenvalue weighted by atomic mass is 9.90. The number of rotatable bonds is 7. The van der Waals surface area contributed by atoms with Gasteiger partial charge >= 0.3 is 0 Å². The van der Waals surface area contributed by atoms with Gasteiger partial charge in [-0.25, -0.2) is 14.6 Å². The zero-order valence-electron chi connectivity index (χ0n) is 16.7. The molecule has 2 fully saturated rings. The summed E-state index contributed by atoms with van der Waals surface area (Å²) in [6.45, 7) is 3.10. The van der Waals surface area contributed by atoms with Crippen LogP contribution in [0.2, 0.25) is 5.02 Å². The normalized spacial score (nSPS) is 21.6. The quantitative estimate of drug-likeness (QED) is 0.621. The summed E-state index contributed by atoms with van der Waals surface area (Å²) in [4.78, 5) is 11.0. The van der Waals surface area contributed by atoms with E-state index in [0.717, 1.165) is 54.7 Å². The summed E-state index contributed by atoms with van der Waals surface area (Å²) in [5.41, 5.74) is 2.10. The Morgan fingerprint density at radius 3 is 2.53 bits per heavy atom. The lowest BCUT2D eigenvalue weighted by Gasteiger charge is -2.32. The molecule has 1 aliphatic carbocycles. The average molecular weight is 425 g/mol. The Balaban J connectivity index is 1.03. The lowest BCUT2D eigenvalue weighted by Crippen LogP contribution is -2.35. The fourth-order valence-corrected chi connectivity index (χ4v) is 4.69. The number of anilines is 2. The molecule has 0 bridgehead atoms. The van der Waals surface area contributed by atoms with E-state index in [1.165, 1.54) is 25.7 Å². The zero-order valence-corrected chi connectivity index (χ0v) is 17.5. The molecule has 3 aromatic rings. The molecule has 2 aromatic heterocycles. The number of benzene rings is 1. The van der Waals surface area contributed by atoms with Crippen LogP contribution in [0.15, 0.2) is 43.0 Å². The van der Waals surface area contributed by atoms with E-state index in [-0.39, 0.29) is 0 Å². The summed E-state index contributed by atoms with van der Waals surface area (Å²) in [6, 6.07) is 8.21. The Morgan fingerprint density at radius 2 is 1.83 bits per heavy atom. The molecule has 1 N–H and O–H groups in total. The predicted octanol–water partition coefficient (Wildman–Crippen LogP) is 3.46. The van der Waals surface area contributed by atoms with Crippen molar-refractivity contribution in [1.29, 1.82) is 0 Å². The first kappa shape index (κ1) is 19.2. The van der Waals surface area contributed by atoms with Crippen molar-refractivity contribution in [1.82, 2.24) is 30.2 Å². The maximum absolute atomic E-state index is 5.89. The SMILES string of the molecule is Clc1cnc(N2CCC([C@H]3C[C@H]3CCNc3ccc(-n4cnnn4)cc3)CC2)nc1. The van der Waals surface area contributed by atoms with Crippen molar-refractivity contribution < 1.29 is 0 Å². The summed E-state index contributed by atoms with van der Waals surface area (Å²) in [5.74, 6) is 3.40. The second kappa shape index (κ2) is 8.55. The van der Waals surface area contributed by atoms with Crippen molar-refractivity contribution in [3.63, 3.8) is 0 Å². The number of nitrogens with one attached hydrogen (secondary N) is 1. The first-order valence-electron chi connectivity index (χ1n) is 10.6. The Kier molecular flexibility index (Phi) is 5.48.